The molecule has 0 N–H and O–H groups in total. The lowest BCUT2D eigenvalue weighted by Crippen LogP contribution is -2.47. The molecule has 1 aliphatic heterocycles. The number of fused-ring (bicyclic) bond motifs is 1. The molecule has 1 unspecified atom stereocenters. The zero-order chi connectivity index (χ0) is 28.4. The average Bonchev–Trinajstić information content (AvgIpc) is 3.51. The van der Waals surface area contributed by atoms with Crippen molar-refractivity contribution < 1.29 is 17.9 Å². The summed E-state index contributed by atoms with van der Waals surface area (Å²) < 4.78 is 36.9. The number of carbonyl (C=O) groups is 1. The third-order valence-electron chi connectivity index (χ3n) is 7.20. The zero-order valence-corrected chi connectivity index (χ0v) is 25.0. The number of sulfonamides is 1. The Balaban J connectivity index is 1.44. The minimum Gasteiger partial charge on any atom is -0.492 e. The summed E-state index contributed by atoms with van der Waals surface area (Å²) in [4.78, 5) is 21.0. The Kier molecular flexibility index (Phi) is 8.25. The molecule has 1 amide bonds. The normalized spacial score (nSPS) is 16.4. The molecule has 0 bridgehead atoms. The van der Waals surface area contributed by atoms with Gasteiger partial charge in [-0.1, -0.05) is 35.1 Å². The van der Waals surface area contributed by atoms with Crippen LogP contribution in [0.3, 0.4) is 0 Å². The van der Waals surface area contributed by atoms with Gasteiger partial charge in [0.1, 0.15) is 11.3 Å². The minimum atomic E-state index is -3.71. The molecule has 1 saturated heterocycles. The third kappa shape index (κ3) is 5.77. The van der Waals surface area contributed by atoms with Crippen LogP contribution < -0.4 is 9.64 Å². The molecule has 1 atom stereocenters. The average molecular weight is 582 g/mol. The Morgan fingerprint density at radius 2 is 1.93 bits per heavy atom. The number of aryl methyl sites for hydroxylation is 3. The van der Waals surface area contributed by atoms with E-state index in [4.69, 9.17) is 9.72 Å². The van der Waals surface area contributed by atoms with Crippen LogP contribution in [0, 0.1) is 26.7 Å². The molecule has 3 heterocycles. The summed E-state index contributed by atoms with van der Waals surface area (Å²) in [6.45, 7) is 9.70. The molecular formula is C29H35N5O4S2. The highest BCUT2D eigenvalue weighted by Gasteiger charge is 2.36. The molecule has 0 aliphatic carbocycles. The van der Waals surface area contributed by atoms with Crippen LogP contribution in [-0.4, -0.2) is 59.6 Å². The topological polar surface area (TPSA) is 97.6 Å². The largest absolute Gasteiger partial charge is 0.492 e. The van der Waals surface area contributed by atoms with Gasteiger partial charge in [0.2, 0.25) is 15.9 Å². The molecule has 0 radical (unpaired) electrons. The van der Waals surface area contributed by atoms with Crippen LogP contribution in [0.15, 0.2) is 53.4 Å². The SMILES string of the molecule is CCOc1cccc2sc(N(CCn3nc(C)cc3C)C(=O)C3CCCN(S(=O)(=O)c4ccc(C)cc4)C3)nc12. The van der Waals surface area contributed by atoms with Gasteiger partial charge in [0.15, 0.2) is 5.13 Å². The summed E-state index contributed by atoms with van der Waals surface area (Å²) in [5.74, 6) is 0.0802. The van der Waals surface area contributed by atoms with E-state index < -0.39 is 15.9 Å². The van der Waals surface area contributed by atoms with E-state index in [9.17, 15) is 13.2 Å². The molecule has 2 aromatic carbocycles. The number of rotatable bonds is 9. The summed E-state index contributed by atoms with van der Waals surface area (Å²) in [6, 6.07) is 14.6. The first-order valence-electron chi connectivity index (χ1n) is 13.6. The van der Waals surface area contributed by atoms with Crippen LogP contribution in [0.2, 0.25) is 0 Å². The number of hydrogen-bond acceptors (Lipinski definition) is 7. The molecule has 2 aromatic heterocycles. The number of piperidine rings is 1. The molecule has 0 saturated carbocycles. The maximum atomic E-state index is 14.2. The van der Waals surface area contributed by atoms with Crippen molar-refractivity contribution in [2.45, 2.75) is 52.0 Å². The number of hydrogen-bond donors (Lipinski definition) is 0. The summed E-state index contributed by atoms with van der Waals surface area (Å²) in [6.07, 6.45) is 1.23. The molecule has 40 heavy (non-hydrogen) atoms. The Bertz CT molecular complexity index is 1610. The fraction of sp³-hybridized carbons (Fsp3) is 0.414. The van der Waals surface area contributed by atoms with Crippen LogP contribution in [0.5, 0.6) is 5.75 Å². The van der Waals surface area contributed by atoms with Gasteiger partial charge in [-0.25, -0.2) is 13.4 Å². The smallest absolute Gasteiger partial charge is 0.243 e. The Morgan fingerprint density at radius 1 is 1.15 bits per heavy atom. The predicted octanol–water partition coefficient (Wildman–Crippen LogP) is 4.95. The first-order valence-corrected chi connectivity index (χ1v) is 15.8. The number of anilines is 1. The van der Waals surface area contributed by atoms with Crippen molar-refractivity contribution >= 4 is 42.6 Å². The van der Waals surface area contributed by atoms with Gasteiger partial charge >= 0.3 is 0 Å². The lowest BCUT2D eigenvalue weighted by atomic mass is 9.98. The number of amides is 1. The maximum absolute atomic E-state index is 14.2. The molecule has 0 spiro atoms. The van der Waals surface area contributed by atoms with Gasteiger partial charge in [0.05, 0.1) is 34.4 Å². The standard InChI is InChI=1S/C29H35N5O4S2/c1-5-38-25-9-6-10-26-27(25)30-29(39-26)33(16-17-34-22(4)18-21(3)31-34)28(35)23-8-7-15-32(19-23)40(36,37)24-13-11-20(2)12-14-24/h6,9-14,18,23H,5,7-8,15-17,19H2,1-4H3. The maximum Gasteiger partial charge on any atom is 0.243 e. The lowest BCUT2D eigenvalue weighted by molar-refractivity contribution is -0.123. The van der Waals surface area contributed by atoms with Gasteiger partial charge in [-0.15, -0.1) is 0 Å². The molecule has 5 rings (SSSR count). The van der Waals surface area contributed by atoms with E-state index in [0.29, 0.717) is 50.0 Å². The lowest BCUT2D eigenvalue weighted by Gasteiger charge is -2.33. The molecular weight excluding hydrogens is 546 g/mol. The number of para-hydroxylation sites is 1. The van der Waals surface area contributed by atoms with Gasteiger partial charge in [0, 0.05) is 25.3 Å². The van der Waals surface area contributed by atoms with E-state index >= 15 is 0 Å². The van der Waals surface area contributed by atoms with Crippen molar-refractivity contribution in [2.75, 3.05) is 31.1 Å². The second-order valence-corrected chi connectivity index (χ2v) is 13.1. The number of benzene rings is 2. The van der Waals surface area contributed by atoms with Gasteiger partial charge in [-0.3, -0.25) is 14.4 Å². The quantitative estimate of drug-likeness (QED) is 0.277. The van der Waals surface area contributed by atoms with E-state index in [1.54, 1.807) is 29.2 Å². The first-order chi connectivity index (χ1) is 19.2. The van der Waals surface area contributed by atoms with Crippen LogP contribution in [-0.2, 0) is 21.4 Å². The second-order valence-electron chi connectivity index (χ2n) is 10.2. The van der Waals surface area contributed by atoms with Crippen molar-refractivity contribution in [1.29, 1.82) is 0 Å². The molecule has 4 aromatic rings. The van der Waals surface area contributed by atoms with Gasteiger partial charge in [-0.2, -0.15) is 9.40 Å². The summed E-state index contributed by atoms with van der Waals surface area (Å²) in [7, 11) is -3.71. The number of nitrogens with zero attached hydrogens (tertiary/aromatic N) is 5. The number of ether oxygens (including phenoxy) is 1. The van der Waals surface area contributed by atoms with Crippen LogP contribution in [0.25, 0.3) is 10.2 Å². The Hall–Kier alpha value is -3.28. The highest BCUT2D eigenvalue weighted by atomic mass is 32.2. The van der Waals surface area contributed by atoms with E-state index in [0.717, 1.165) is 27.2 Å². The first kappa shape index (κ1) is 28.3. The van der Waals surface area contributed by atoms with Crippen molar-refractivity contribution in [2.24, 2.45) is 5.92 Å². The molecule has 1 aliphatic rings. The summed E-state index contributed by atoms with van der Waals surface area (Å²) >= 11 is 1.44. The van der Waals surface area contributed by atoms with Crippen molar-refractivity contribution in [3.63, 3.8) is 0 Å². The van der Waals surface area contributed by atoms with Crippen molar-refractivity contribution in [1.82, 2.24) is 19.1 Å². The predicted molar refractivity (Wildman–Crippen MR) is 158 cm³/mol. The van der Waals surface area contributed by atoms with Crippen LogP contribution in [0.1, 0.15) is 36.7 Å². The van der Waals surface area contributed by atoms with Crippen LogP contribution >= 0.6 is 11.3 Å². The fourth-order valence-corrected chi connectivity index (χ4v) is 7.68. The Morgan fingerprint density at radius 3 is 2.62 bits per heavy atom. The molecule has 9 nitrogen and oxygen atoms in total. The number of thiazole rings is 1. The van der Waals surface area contributed by atoms with E-state index in [2.05, 4.69) is 5.10 Å². The van der Waals surface area contributed by atoms with Crippen LogP contribution in [0.4, 0.5) is 5.13 Å². The van der Waals surface area contributed by atoms with Gasteiger partial charge in [-0.05, 0) is 70.9 Å². The highest BCUT2D eigenvalue weighted by Crippen LogP contribution is 2.36. The van der Waals surface area contributed by atoms with E-state index in [-0.39, 0.29) is 17.3 Å². The van der Waals surface area contributed by atoms with Crippen molar-refractivity contribution in [3.8, 4) is 5.75 Å². The fourth-order valence-electron chi connectivity index (χ4n) is 5.14. The second kappa shape index (κ2) is 11.7. The highest BCUT2D eigenvalue weighted by molar-refractivity contribution is 7.89. The number of aromatic nitrogens is 3. The van der Waals surface area contributed by atoms with Gasteiger partial charge in [0.25, 0.3) is 0 Å². The monoisotopic (exact) mass is 581 g/mol. The summed E-state index contributed by atoms with van der Waals surface area (Å²) in [5, 5.41) is 5.14. The van der Waals surface area contributed by atoms with E-state index in [1.807, 2.05) is 56.6 Å². The molecule has 212 valence electrons. The minimum absolute atomic E-state index is 0.123. The van der Waals surface area contributed by atoms with Gasteiger partial charge < -0.3 is 4.74 Å². The van der Waals surface area contributed by atoms with E-state index in [1.165, 1.54) is 15.6 Å². The molecule has 1 fully saturated rings. The zero-order valence-electron chi connectivity index (χ0n) is 23.3. The van der Waals surface area contributed by atoms with Crippen molar-refractivity contribution in [3.05, 3.63) is 65.5 Å². The molecule has 11 heteroatoms. The summed E-state index contributed by atoms with van der Waals surface area (Å²) in [5.41, 5.74) is 3.65. The third-order valence-corrected chi connectivity index (χ3v) is 10.1. The Labute approximate surface area is 239 Å². The number of carbonyl (C=O) groups excluding carboxylic acids is 1.